The van der Waals surface area contributed by atoms with Crippen LogP contribution in [-0.4, -0.2) is 56.4 Å². The third-order valence-electron chi connectivity index (χ3n) is 4.00. The number of ether oxygens (including phenoxy) is 1. The van der Waals surface area contributed by atoms with E-state index in [-0.39, 0.29) is 37.4 Å². The molecule has 0 unspecified atom stereocenters. The highest BCUT2D eigenvalue weighted by Gasteiger charge is 2.09. The summed E-state index contributed by atoms with van der Waals surface area (Å²) < 4.78 is 5.34. The molecule has 0 atom stereocenters. The Morgan fingerprint density at radius 2 is 1.70 bits per heavy atom. The van der Waals surface area contributed by atoms with Gasteiger partial charge in [-0.1, -0.05) is 12.1 Å². The monoisotopic (exact) mass is 412 g/mol. The van der Waals surface area contributed by atoms with E-state index in [0.717, 1.165) is 5.56 Å². The van der Waals surface area contributed by atoms with Gasteiger partial charge in [0.2, 0.25) is 11.8 Å². The summed E-state index contributed by atoms with van der Waals surface area (Å²) in [4.78, 5) is 37.8. The predicted molar refractivity (Wildman–Crippen MR) is 115 cm³/mol. The normalized spacial score (nSPS) is 10.4. The van der Waals surface area contributed by atoms with Crippen LogP contribution in [0.3, 0.4) is 0 Å². The molecule has 0 saturated carbocycles. The maximum atomic E-state index is 12.1. The van der Waals surface area contributed by atoms with Gasteiger partial charge < -0.3 is 25.6 Å². The molecule has 8 heteroatoms. The molecule has 0 saturated heterocycles. The largest absolute Gasteiger partial charge is 0.494 e. The molecule has 2 aromatic carbocycles. The summed E-state index contributed by atoms with van der Waals surface area (Å²) in [7, 11) is 3.64. The van der Waals surface area contributed by atoms with Crippen molar-refractivity contribution in [2.45, 2.75) is 13.5 Å². The van der Waals surface area contributed by atoms with Crippen LogP contribution in [0, 0.1) is 0 Å². The molecule has 0 heterocycles. The zero-order valence-corrected chi connectivity index (χ0v) is 17.5. The summed E-state index contributed by atoms with van der Waals surface area (Å²) in [5.74, 6) is -0.0692. The molecule has 160 valence electrons. The highest BCUT2D eigenvalue weighted by Crippen LogP contribution is 2.12. The Balaban J connectivity index is 1.78. The van der Waals surface area contributed by atoms with Crippen molar-refractivity contribution in [3.05, 3.63) is 59.7 Å². The number of carbonyl (C=O) groups is 3. The van der Waals surface area contributed by atoms with Gasteiger partial charge in [0.25, 0.3) is 5.91 Å². The zero-order valence-electron chi connectivity index (χ0n) is 17.5. The second-order valence-electron chi connectivity index (χ2n) is 6.90. The SMILES string of the molecule is CCOc1ccc(C(=O)NCC(=O)NCc2cccc(NC(=O)CN(C)C)c2)cc1. The topological polar surface area (TPSA) is 99.8 Å². The number of nitrogens with one attached hydrogen (secondary N) is 3. The van der Waals surface area contributed by atoms with Gasteiger partial charge in [0, 0.05) is 17.8 Å². The first-order valence-electron chi connectivity index (χ1n) is 9.68. The van der Waals surface area contributed by atoms with Crippen LogP contribution in [0.2, 0.25) is 0 Å². The molecule has 3 N–H and O–H groups in total. The fourth-order valence-electron chi connectivity index (χ4n) is 2.64. The highest BCUT2D eigenvalue weighted by atomic mass is 16.5. The lowest BCUT2D eigenvalue weighted by Gasteiger charge is -2.11. The van der Waals surface area contributed by atoms with Crippen LogP contribution < -0.4 is 20.7 Å². The highest BCUT2D eigenvalue weighted by molar-refractivity contribution is 5.96. The number of anilines is 1. The van der Waals surface area contributed by atoms with Crippen LogP contribution >= 0.6 is 0 Å². The van der Waals surface area contributed by atoms with Crippen molar-refractivity contribution in [3.8, 4) is 5.75 Å². The first-order valence-corrected chi connectivity index (χ1v) is 9.68. The van der Waals surface area contributed by atoms with Crippen molar-refractivity contribution in [3.63, 3.8) is 0 Å². The summed E-state index contributed by atoms with van der Waals surface area (Å²) in [6.45, 7) is 2.88. The third-order valence-corrected chi connectivity index (χ3v) is 4.00. The van der Waals surface area contributed by atoms with Crippen LogP contribution in [0.4, 0.5) is 5.69 Å². The third kappa shape index (κ3) is 7.92. The Kier molecular flexibility index (Phi) is 8.83. The van der Waals surface area contributed by atoms with Crippen molar-refractivity contribution in [1.82, 2.24) is 15.5 Å². The van der Waals surface area contributed by atoms with Crippen molar-refractivity contribution in [2.24, 2.45) is 0 Å². The molecule has 2 rings (SSSR count). The number of hydrogen-bond acceptors (Lipinski definition) is 5. The molecule has 0 radical (unpaired) electrons. The standard InChI is InChI=1S/C22H28N4O4/c1-4-30-19-10-8-17(9-11-19)22(29)24-14-20(27)23-13-16-6-5-7-18(12-16)25-21(28)15-26(2)3/h5-12H,4,13-15H2,1-3H3,(H,23,27)(H,24,29)(H,25,28). The van der Waals surface area contributed by atoms with E-state index in [1.807, 2.05) is 27.1 Å². The minimum atomic E-state index is -0.334. The molecule has 0 aliphatic heterocycles. The molecular formula is C22H28N4O4. The van der Waals surface area contributed by atoms with Crippen molar-refractivity contribution < 1.29 is 19.1 Å². The van der Waals surface area contributed by atoms with Gasteiger partial charge in [-0.2, -0.15) is 0 Å². The smallest absolute Gasteiger partial charge is 0.251 e. The lowest BCUT2D eigenvalue weighted by molar-refractivity contribution is -0.120. The van der Waals surface area contributed by atoms with Gasteiger partial charge in [-0.25, -0.2) is 0 Å². The van der Waals surface area contributed by atoms with Gasteiger partial charge in [0.05, 0.1) is 19.7 Å². The van der Waals surface area contributed by atoms with E-state index in [4.69, 9.17) is 4.74 Å². The van der Waals surface area contributed by atoms with Gasteiger partial charge in [0.15, 0.2) is 0 Å². The summed E-state index contributed by atoms with van der Waals surface area (Å²) in [5.41, 5.74) is 1.95. The maximum Gasteiger partial charge on any atom is 0.251 e. The van der Waals surface area contributed by atoms with Gasteiger partial charge in [0.1, 0.15) is 5.75 Å². The number of rotatable bonds is 10. The van der Waals surface area contributed by atoms with E-state index in [0.29, 0.717) is 23.6 Å². The Morgan fingerprint density at radius 1 is 0.967 bits per heavy atom. The fraction of sp³-hybridized carbons (Fsp3) is 0.318. The van der Waals surface area contributed by atoms with Crippen molar-refractivity contribution in [2.75, 3.05) is 39.1 Å². The Labute approximate surface area is 176 Å². The molecule has 3 amide bonds. The fourth-order valence-corrected chi connectivity index (χ4v) is 2.64. The second kappa shape index (κ2) is 11.6. The molecule has 0 bridgehead atoms. The number of likely N-dealkylation sites (N-methyl/N-ethyl adjacent to an activating group) is 1. The van der Waals surface area contributed by atoms with E-state index >= 15 is 0 Å². The average Bonchev–Trinajstić information content (AvgIpc) is 2.71. The Bertz CT molecular complexity index is 866. The number of hydrogen-bond donors (Lipinski definition) is 3. The number of carbonyl (C=O) groups excluding carboxylic acids is 3. The van der Waals surface area contributed by atoms with Crippen LogP contribution in [0.15, 0.2) is 48.5 Å². The molecule has 0 aliphatic rings. The molecule has 30 heavy (non-hydrogen) atoms. The van der Waals surface area contributed by atoms with E-state index in [2.05, 4.69) is 16.0 Å². The van der Waals surface area contributed by atoms with E-state index in [9.17, 15) is 14.4 Å². The Morgan fingerprint density at radius 3 is 2.37 bits per heavy atom. The average molecular weight is 412 g/mol. The molecule has 0 fully saturated rings. The summed E-state index contributed by atoms with van der Waals surface area (Å²) in [6.07, 6.45) is 0. The number of benzene rings is 2. The molecule has 0 spiro atoms. The summed E-state index contributed by atoms with van der Waals surface area (Å²) >= 11 is 0. The minimum Gasteiger partial charge on any atom is -0.494 e. The van der Waals surface area contributed by atoms with Crippen LogP contribution in [-0.2, 0) is 16.1 Å². The molecule has 0 aromatic heterocycles. The zero-order chi connectivity index (χ0) is 21.9. The maximum absolute atomic E-state index is 12.1. The minimum absolute atomic E-state index is 0.113. The summed E-state index contributed by atoms with van der Waals surface area (Å²) in [5, 5.41) is 8.15. The van der Waals surface area contributed by atoms with Crippen LogP contribution in [0.25, 0.3) is 0 Å². The van der Waals surface area contributed by atoms with Crippen molar-refractivity contribution >= 4 is 23.4 Å². The lowest BCUT2D eigenvalue weighted by Crippen LogP contribution is -2.36. The second-order valence-corrected chi connectivity index (χ2v) is 6.90. The first kappa shape index (κ1) is 22.9. The molecule has 8 nitrogen and oxygen atoms in total. The number of nitrogens with zero attached hydrogens (tertiary/aromatic N) is 1. The first-order chi connectivity index (χ1) is 14.4. The molecule has 2 aromatic rings. The van der Waals surface area contributed by atoms with E-state index in [1.165, 1.54) is 0 Å². The quantitative estimate of drug-likeness (QED) is 0.551. The molecular weight excluding hydrogens is 384 g/mol. The van der Waals surface area contributed by atoms with E-state index in [1.54, 1.807) is 47.4 Å². The van der Waals surface area contributed by atoms with Crippen molar-refractivity contribution in [1.29, 1.82) is 0 Å². The van der Waals surface area contributed by atoms with Gasteiger partial charge in [-0.3, -0.25) is 14.4 Å². The van der Waals surface area contributed by atoms with Gasteiger partial charge in [-0.15, -0.1) is 0 Å². The number of amides is 3. The van der Waals surface area contributed by atoms with Crippen LogP contribution in [0.1, 0.15) is 22.8 Å². The van der Waals surface area contributed by atoms with E-state index < -0.39 is 0 Å². The molecule has 0 aliphatic carbocycles. The lowest BCUT2D eigenvalue weighted by atomic mass is 10.2. The van der Waals surface area contributed by atoms with Gasteiger partial charge >= 0.3 is 0 Å². The summed E-state index contributed by atoms with van der Waals surface area (Å²) in [6, 6.07) is 14.0. The van der Waals surface area contributed by atoms with Crippen LogP contribution in [0.5, 0.6) is 5.75 Å². The van der Waals surface area contributed by atoms with Gasteiger partial charge in [-0.05, 0) is 63.0 Å². The Hall–Kier alpha value is -3.39. The predicted octanol–water partition coefficient (Wildman–Crippen LogP) is 1.63.